The van der Waals surface area contributed by atoms with E-state index in [9.17, 15) is 0 Å². The van der Waals surface area contributed by atoms with Crippen LogP contribution in [0.15, 0.2) is 11.8 Å². The molecule has 0 aliphatic carbocycles. The van der Waals surface area contributed by atoms with E-state index in [4.69, 9.17) is 0 Å². The van der Waals surface area contributed by atoms with E-state index in [0.29, 0.717) is 0 Å². The quantitative estimate of drug-likeness (QED) is 0.487. The summed E-state index contributed by atoms with van der Waals surface area (Å²) in [5, 5.41) is 3.24. The Morgan fingerprint density at radius 3 is 2.88 bits per heavy atom. The molecule has 0 unspecified atom stereocenters. The summed E-state index contributed by atoms with van der Waals surface area (Å²) in [4.78, 5) is 2.14. The first kappa shape index (κ1) is 5.63. The zero-order valence-corrected chi connectivity index (χ0v) is 5.44. The summed E-state index contributed by atoms with van der Waals surface area (Å²) in [7, 11) is 2.07. The number of hydrogen-bond acceptors (Lipinski definition) is 2. The van der Waals surface area contributed by atoms with Crippen LogP contribution in [0.3, 0.4) is 0 Å². The van der Waals surface area contributed by atoms with Crippen molar-refractivity contribution in [3.63, 3.8) is 0 Å². The predicted molar refractivity (Wildman–Crippen MR) is 34.4 cm³/mol. The molecule has 1 N–H and O–H groups in total. The fourth-order valence-corrected chi connectivity index (χ4v) is 0.897. The van der Waals surface area contributed by atoms with Gasteiger partial charge in [0.25, 0.3) is 0 Å². The summed E-state index contributed by atoms with van der Waals surface area (Å²) >= 11 is 0. The summed E-state index contributed by atoms with van der Waals surface area (Å²) in [6, 6.07) is 0. The van der Waals surface area contributed by atoms with Crippen LogP contribution in [-0.4, -0.2) is 25.2 Å². The van der Waals surface area contributed by atoms with E-state index in [1.807, 2.05) is 0 Å². The highest BCUT2D eigenvalue weighted by molar-refractivity contribution is 5.01. The third-order valence-electron chi connectivity index (χ3n) is 1.21. The van der Waals surface area contributed by atoms with Crippen LogP contribution in [0.2, 0.25) is 0 Å². The Morgan fingerprint density at radius 1 is 1.75 bits per heavy atom. The molecule has 8 heavy (non-hydrogen) atoms. The molecule has 0 amide bonds. The summed E-state index contributed by atoms with van der Waals surface area (Å²) in [5.41, 5.74) is 1.40. The highest BCUT2D eigenvalue weighted by Crippen LogP contribution is 1.96. The van der Waals surface area contributed by atoms with Crippen molar-refractivity contribution in [1.29, 1.82) is 0 Å². The van der Waals surface area contributed by atoms with Gasteiger partial charge < -0.3 is 4.90 Å². The third-order valence-corrected chi connectivity index (χ3v) is 1.21. The molecule has 1 aliphatic rings. The lowest BCUT2D eigenvalue weighted by Crippen LogP contribution is -2.33. The largest absolute Gasteiger partial charge is 0.368 e. The molecule has 46 valence electrons. The van der Waals surface area contributed by atoms with Crippen LogP contribution in [0, 0.1) is 0 Å². The fraction of sp³-hybridized carbons (Fsp3) is 0.667. The molecule has 1 heterocycles. The minimum absolute atomic E-state index is 0.983. The molecular weight excluding hydrogens is 100 g/mol. The van der Waals surface area contributed by atoms with Crippen molar-refractivity contribution in [1.82, 2.24) is 10.2 Å². The van der Waals surface area contributed by atoms with Crippen LogP contribution in [0.25, 0.3) is 0 Å². The Labute approximate surface area is 50.2 Å². The van der Waals surface area contributed by atoms with Crippen molar-refractivity contribution >= 4 is 0 Å². The summed E-state index contributed by atoms with van der Waals surface area (Å²) in [5.74, 6) is 0. The SMILES string of the molecule is CC1=CN(C)CNC1. The minimum Gasteiger partial charge on any atom is -0.368 e. The average Bonchev–Trinajstić information content (AvgIpc) is 1.64. The molecule has 0 fully saturated rings. The van der Waals surface area contributed by atoms with Crippen LogP contribution in [0.1, 0.15) is 6.92 Å². The van der Waals surface area contributed by atoms with Gasteiger partial charge in [0.2, 0.25) is 0 Å². The van der Waals surface area contributed by atoms with Crippen molar-refractivity contribution in [3.8, 4) is 0 Å². The number of nitrogens with zero attached hydrogens (tertiary/aromatic N) is 1. The van der Waals surface area contributed by atoms with Crippen LogP contribution in [-0.2, 0) is 0 Å². The second kappa shape index (κ2) is 2.18. The maximum Gasteiger partial charge on any atom is 0.0675 e. The monoisotopic (exact) mass is 112 g/mol. The number of nitrogens with one attached hydrogen (secondary N) is 1. The van der Waals surface area contributed by atoms with Crippen LogP contribution in [0.5, 0.6) is 0 Å². The second-order valence-electron chi connectivity index (χ2n) is 2.32. The van der Waals surface area contributed by atoms with E-state index < -0.39 is 0 Å². The van der Waals surface area contributed by atoms with E-state index in [1.165, 1.54) is 5.57 Å². The highest BCUT2D eigenvalue weighted by Gasteiger charge is 1.98. The smallest absolute Gasteiger partial charge is 0.0675 e. The van der Waals surface area contributed by atoms with Crippen LogP contribution in [0.4, 0.5) is 0 Å². The van der Waals surface area contributed by atoms with Gasteiger partial charge in [0, 0.05) is 19.8 Å². The molecule has 0 saturated heterocycles. The zero-order chi connectivity index (χ0) is 5.98. The third kappa shape index (κ3) is 1.23. The Hall–Kier alpha value is -0.500. The molecule has 0 saturated carbocycles. The first-order valence-electron chi connectivity index (χ1n) is 2.87. The topological polar surface area (TPSA) is 15.3 Å². The first-order chi connectivity index (χ1) is 3.79. The Balaban J connectivity index is 2.50. The molecule has 0 aromatic carbocycles. The van der Waals surface area contributed by atoms with Gasteiger partial charge in [-0.05, 0) is 12.5 Å². The van der Waals surface area contributed by atoms with Gasteiger partial charge in [0.1, 0.15) is 0 Å². The Kier molecular flexibility index (Phi) is 1.53. The molecule has 0 bridgehead atoms. The fourth-order valence-electron chi connectivity index (χ4n) is 0.897. The zero-order valence-electron chi connectivity index (χ0n) is 5.44. The predicted octanol–water partition coefficient (Wildman–Crippen LogP) is 0.383. The summed E-state index contributed by atoms with van der Waals surface area (Å²) in [6.45, 7) is 4.16. The average molecular weight is 112 g/mol. The van der Waals surface area contributed by atoms with Crippen molar-refractivity contribution in [2.24, 2.45) is 0 Å². The molecule has 0 atom stereocenters. The standard InChI is InChI=1S/C6H12N2/c1-6-3-7-5-8(2)4-6/h4,7H,3,5H2,1-2H3. The second-order valence-corrected chi connectivity index (χ2v) is 2.32. The minimum atomic E-state index is 0.983. The van der Waals surface area contributed by atoms with E-state index in [0.717, 1.165) is 13.2 Å². The van der Waals surface area contributed by atoms with Gasteiger partial charge in [-0.3, -0.25) is 5.32 Å². The van der Waals surface area contributed by atoms with E-state index in [1.54, 1.807) is 0 Å². The van der Waals surface area contributed by atoms with Gasteiger partial charge in [0.15, 0.2) is 0 Å². The van der Waals surface area contributed by atoms with Gasteiger partial charge in [-0.2, -0.15) is 0 Å². The molecule has 0 spiro atoms. The van der Waals surface area contributed by atoms with E-state index in [-0.39, 0.29) is 0 Å². The first-order valence-corrected chi connectivity index (χ1v) is 2.87. The maximum absolute atomic E-state index is 3.24. The lowest BCUT2D eigenvalue weighted by Gasteiger charge is -2.21. The molecule has 1 rings (SSSR count). The van der Waals surface area contributed by atoms with Crippen molar-refractivity contribution < 1.29 is 0 Å². The van der Waals surface area contributed by atoms with Gasteiger partial charge in [-0.15, -0.1) is 0 Å². The number of rotatable bonds is 0. The molecule has 2 heteroatoms. The van der Waals surface area contributed by atoms with Crippen molar-refractivity contribution in [2.75, 3.05) is 20.3 Å². The molecule has 2 nitrogen and oxygen atoms in total. The normalized spacial score (nSPS) is 20.8. The number of hydrogen-bond donors (Lipinski definition) is 1. The highest BCUT2D eigenvalue weighted by atomic mass is 15.2. The molecule has 0 aromatic rings. The molecule has 1 aliphatic heterocycles. The molecular formula is C6H12N2. The molecule has 0 radical (unpaired) electrons. The van der Waals surface area contributed by atoms with Gasteiger partial charge in [-0.1, -0.05) is 0 Å². The van der Waals surface area contributed by atoms with Gasteiger partial charge >= 0.3 is 0 Å². The summed E-state index contributed by atoms with van der Waals surface area (Å²) < 4.78 is 0. The van der Waals surface area contributed by atoms with Crippen LogP contribution >= 0.6 is 0 Å². The van der Waals surface area contributed by atoms with E-state index in [2.05, 4.69) is 30.4 Å². The summed E-state index contributed by atoms with van der Waals surface area (Å²) in [6.07, 6.45) is 2.16. The lowest BCUT2D eigenvalue weighted by molar-refractivity contribution is 0.390. The Bertz CT molecular complexity index is 107. The van der Waals surface area contributed by atoms with Gasteiger partial charge in [0.05, 0.1) is 6.67 Å². The maximum atomic E-state index is 3.24. The Morgan fingerprint density at radius 2 is 2.50 bits per heavy atom. The van der Waals surface area contributed by atoms with Crippen molar-refractivity contribution in [3.05, 3.63) is 11.8 Å². The lowest BCUT2D eigenvalue weighted by atomic mass is 10.3. The van der Waals surface area contributed by atoms with Crippen molar-refractivity contribution in [2.45, 2.75) is 6.92 Å². The van der Waals surface area contributed by atoms with Crippen LogP contribution < -0.4 is 5.32 Å². The van der Waals surface area contributed by atoms with E-state index >= 15 is 0 Å². The van der Waals surface area contributed by atoms with Gasteiger partial charge in [-0.25, -0.2) is 0 Å². The molecule has 0 aromatic heterocycles.